The Bertz CT molecular complexity index is 192. The summed E-state index contributed by atoms with van der Waals surface area (Å²) in [6.07, 6.45) is 5.25. The molecule has 0 amide bonds. The van der Waals surface area contributed by atoms with Gasteiger partial charge in [0.25, 0.3) is 0 Å². The van der Waals surface area contributed by atoms with Crippen LogP contribution in [0, 0.1) is 0 Å². The van der Waals surface area contributed by atoms with E-state index in [2.05, 4.69) is 0 Å². The van der Waals surface area contributed by atoms with Gasteiger partial charge in [0.15, 0.2) is 0 Å². The summed E-state index contributed by atoms with van der Waals surface area (Å²) in [6, 6.07) is 0. The Balaban J connectivity index is 1.65. The van der Waals surface area contributed by atoms with Crippen LogP contribution in [-0.2, 0) is 9.47 Å². The molecule has 68 valence electrons. The second-order valence-corrected chi connectivity index (χ2v) is 4.07. The van der Waals surface area contributed by atoms with Gasteiger partial charge in [-0.25, -0.2) is 0 Å². The Hall–Kier alpha value is -0.120. The van der Waals surface area contributed by atoms with Crippen LogP contribution in [0.15, 0.2) is 0 Å². The zero-order chi connectivity index (χ0) is 8.13. The molecule has 3 rings (SSSR count). The molecular formula is C9H14O3. The number of hydrogen-bond donors (Lipinski definition) is 1. The van der Waals surface area contributed by atoms with E-state index in [1.54, 1.807) is 0 Å². The van der Waals surface area contributed by atoms with E-state index < -0.39 is 0 Å². The van der Waals surface area contributed by atoms with Crippen molar-refractivity contribution >= 4 is 0 Å². The highest BCUT2D eigenvalue weighted by Crippen LogP contribution is 2.39. The maximum Gasteiger partial charge on any atom is 0.110 e. The average molecular weight is 170 g/mol. The van der Waals surface area contributed by atoms with Gasteiger partial charge in [0, 0.05) is 0 Å². The Morgan fingerprint density at radius 1 is 0.833 bits per heavy atom. The first-order valence-corrected chi connectivity index (χ1v) is 4.83. The van der Waals surface area contributed by atoms with Crippen molar-refractivity contribution in [2.24, 2.45) is 0 Å². The van der Waals surface area contributed by atoms with E-state index in [4.69, 9.17) is 9.47 Å². The molecule has 3 heteroatoms. The van der Waals surface area contributed by atoms with Crippen molar-refractivity contribution in [3.05, 3.63) is 0 Å². The highest BCUT2D eigenvalue weighted by molar-refractivity contribution is 4.97. The van der Waals surface area contributed by atoms with E-state index in [0.717, 1.165) is 25.7 Å². The zero-order valence-corrected chi connectivity index (χ0v) is 6.98. The van der Waals surface area contributed by atoms with E-state index in [0.29, 0.717) is 18.3 Å². The summed E-state index contributed by atoms with van der Waals surface area (Å²) in [4.78, 5) is 0. The standard InChI is InChI=1S/C9H14O3/c10-5-1-2-6-7(11-6)3-4-8-9(5)12-8/h5-10H,1-4H2/t5-,6+,7-,8-,9+/m1/s1. The lowest BCUT2D eigenvalue weighted by atomic mass is 10.1. The van der Waals surface area contributed by atoms with Gasteiger partial charge in [-0.05, 0) is 25.7 Å². The van der Waals surface area contributed by atoms with Gasteiger partial charge in [-0.15, -0.1) is 0 Å². The quantitative estimate of drug-likeness (QED) is 0.537. The van der Waals surface area contributed by atoms with Crippen LogP contribution in [0.4, 0.5) is 0 Å². The Morgan fingerprint density at radius 3 is 2.33 bits per heavy atom. The van der Waals surface area contributed by atoms with Crippen LogP contribution in [0.25, 0.3) is 0 Å². The Morgan fingerprint density at radius 2 is 1.50 bits per heavy atom. The van der Waals surface area contributed by atoms with E-state index in [9.17, 15) is 5.11 Å². The number of epoxide rings is 2. The van der Waals surface area contributed by atoms with Gasteiger partial charge in [0.1, 0.15) is 6.10 Å². The van der Waals surface area contributed by atoms with Crippen LogP contribution in [0.5, 0.6) is 0 Å². The van der Waals surface area contributed by atoms with Gasteiger partial charge in [0.2, 0.25) is 0 Å². The van der Waals surface area contributed by atoms with Crippen molar-refractivity contribution in [2.45, 2.75) is 56.2 Å². The van der Waals surface area contributed by atoms with Crippen LogP contribution in [0.3, 0.4) is 0 Å². The summed E-state index contributed by atoms with van der Waals surface area (Å²) in [5, 5.41) is 9.61. The van der Waals surface area contributed by atoms with Gasteiger partial charge in [-0.1, -0.05) is 0 Å². The van der Waals surface area contributed by atoms with Crippen LogP contribution >= 0.6 is 0 Å². The summed E-state index contributed by atoms with van der Waals surface area (Å²) >= 11 is 0. The maximum atomic E-state index is 9.61. The Kier molecular flexibility index (Phi) is 1.48. The smallest absolute Gasteiger partial charge is 0.110 e. The molecule has 0 bridgehead atoms. The van der Waals surface area contributed by atoms with Crippen molar-refractivity contribution in [2.75, 3.05) is 0 Å². The van der Waals surface area contributed by atoms with E-state index in [-0.39, 0.29) is 12.2 Å². The van der Waals surface area contributed by atoms with Crippen molar-refractivity contribution < 1.29 is 14.6 Å². The fourth-order valence-corrected chi connectivity index (χ4v) is 2.24. The zero-order valence-electron chi connectivity index (χ0n) is 6.98. The molecule has 2 aliphatic heterocycles. The third-order valence-electron chi connectivity index (χ3n) is 3.17. The van der Waals surface area contributed by atoms with Crippen molar-refractivity contribution in [3.8, 4) is 0 Å². The predicted molar refractivity (Wildman–Crippen MR) is 41.8 cm³/mol. The van der Waals surface area contributed by atoms with Crippen LogP contribution in [-0.4, -0.2) is 35.6 Å². The monoisotopic (exact) mass is 170 g/mol. The lowest BCUT2D eigenvalue weighted by Crippen LogP contribution is -2.16. The van der Waals surface area contributed by atoms with Crippen molar-refractivity contribution in [3.63, 3.8) is 0 Å². The maximum absolute atomic E-state index is 9.61. The third kappa shape index (κ3) is 1.16. The first-order chi connectivity index (χ1) is 5.84. The first kappa shape index (κ1) is 7.30. The first-order valence-electron chi connectivity index (χ1n) is 4.83. The van der Waals surface area contributed by atoms with Gasteiger partial charge in [-0.2, -0.15) is 0 Å². The lowest BCUT2D eigenvalue weighted by Gasteiger charge is -2.04. The number of aliphatic hydroxyl groups is 1. The molecule has 1 N–H and O–H groups in total. The summed E-state index contributed by atoms with van der Waals surface area (Å²) in [6.45, 7) is 0. The molecule has 3 nitrogen and oxygen atoms in total. The van der Waals surface area contributed by atoms with Crippen LogP contribution < -0.4 is 0 Å². The molecule has 0 aromatic rings. The molecule has 2 saturated heterocycles. The molecule has 12 heavy (non-hydrogen) atoms. The molecule has 3 aliphatic rings. The second kappa shape index (κ2) is 2.44. The molecular weight excluding hydrogens is 156 g/mol. The summed E-state index contributed by atoms with van der Waals surface area (Å²) < 4.78 is 10.8. The molecule has 1 aliphatic carbocycles. The molecule has 1 saturated carbocycles. The highest BCUT2D eigenvalue weighted by Gasteiger charge is 2.49. The Labute approximate surface area is 71.7 Å². The normalized spacial score (nSPS) is 57.2. The number of hydrogen-bond acceptors (Lipinski definition) is 3. The largest absolute Gasteiger partial charge is 0.390 e. The molecule has 0 unspecified atom stereocenters. The van der Waals surface area contributed by atoms with Gasteiger partial charge in [0.05, 0.1) is 24.4 Å². The fraction of sp³-hybridized carbons (Fsp3) is 1.00. The van der Waals surface area contributed by atoms with E-state index in [1.165, 1.54) is 0 Å². The van der Waals surface area contributed by atoms with E-state index >= 15 is 0 Å². The number of rotatable bonds is 0. The lowest BCUT2D eigenvalue weighted by molar-refractivity contribution is 0.121. The summed E-state index contributed by atoms with van der Waals surface area (Å²) in [5.74, 6) is 0. The average Bonchev–Trinajstić information content (AvgIpc) is 2.93. The fourth-order valence-electron chi connectivity index (χ4n) is 2.24. The van der Waals surface area contributed by atoms with Crippen molar-refractivity contribution in [1.82, 2.24) is 0 Å². The van der Waals surface area contributed by atoms with Gasteiger partial charge in [-0.3, -0.25) is 0 Å². The molecule has 0 aromatic carbocycles. The minimum absolute atomic E-state index is 0.155. The minimum atomic E-state index is -0.238. The molecule has 0 spiro atoms. The third-order valence-corrected chi connectivity index (χ3v) is 3.17. The van der Waals surface area contributed by atoms with Gasteiger partial charge < -0.3 is 14.6 Å². The second-order valence-electron chi connectivity index (χ2n) is 4.07. The predicted octanol–water partition coefficient (Wildman–Crippen LogP) is 0.456. The van der Waals surface area contributed by atoms with Gasteiger partial charge >= 0.3 is 0 Å². The van der Waals surface area contributed by atoms with Crippen LogP contribution in [0.1, 0.15) is 25.7 Å². The number of fused-ring (bicyclic) bond motifs is 2. The number of ether oxygens (including phenoxy) is 2. The summed E-state index contributed by atoms with van der Waals surface area (Å²) in [7, 11) is 0. The van der Waals surface area contributed by atoms with Crippen molar-refractivity contribution in [1.29, 1.82) is 0 Å². The molecule has 0 aromatic heterocycles. The molecule has 0 radical (unpaired) electrons. The van der Waals surface area contributed by atoms with E-state index in [1.807, 2.05) is 0 Å². The number of aliphatic hydroxyl groups excluding tert-OH is 1. The minimum Gasteiger partial charge on any atom is -0.390 e. The summed E-state index contributed by atoms with van der Waals surface area (Å²) in [5.41, 5.74) is 0. The topological polar surface area (TPSA) is 45.3 Å². The molecule has 3 fully saturated rings. The highest BCUT2D eigenvalue weighted by atomic mass is 16.6. The van der Waals surface area contributed by atoms with Crippen LogP contribution in [0.2, 0.25) is 0 Å². The molecule has 5 atom stereocenters. The SMILES string of the molecule is O[C@@H]1CC[C@@H]2O[C@@H]2CC[C@H]2O[C@@H]12. The molecule has 2 heterocycles.